The molecular weight excluding hydrogens is 274 g/mol. The summed E-state index contributed by atoms with van der Waals surface area (Å²) in [5, 5.41) is 23.5. The number of pyridine rings is 1. The fourth-order valence-corrected chi connectivity index (χ4v) is 2.94. The molecule has 7 heteroatoms. The number of nitrogens with zero attached hydrogens (tertiary/aromatic N) is 2. The first-order chi connectivity index (χ1) is 9.84. The number of carboxylic acid groups (broad SMARTS) is 1. The van der Waals surface area contributed by atoms with E-state index in [0.717, 1.165) is 12.8 Å². The van der Waals surface area contributed by atoms with Crippen molar-refractivity contribution in [3.63, 3.8) is 0 Å². The minimum absolute atomic E-state index is 0.0584. The third-order valence-electron chi connectivity index (χ3n) is 4.05. The second-order valence-electron chi connectivity index (χ2n) is 5.83. The summed E-state index contributed by atoms with van der Waals surface area (Å²) in [7, 11) is 0. The Morgan fingerprint density at radius 2 is 2.33 bits per heavy atom. The van der Waals surface area contributed by atoms with Gasteiger partial charge in [-0.15, -0.1) is 0 Å². The zero-order valence-electron chi connectivity index (χ0n) is 12.1. The lowest BCUT2D eigenvalue weighted by atomic mass is 9.76. The van der Waals surface area contributed by atoms with Gasteiger partial charge in [0.25, 0.3) is 5.69 Å². The van der Waals surface area contributed by atoms with Gasteiger partial charge < -0.3 is 10.4 Å². The van der Waals surface area contributed by atoms with Crippen LogP contribution in [-0.4, -0.2) is 26.5 Å². The molecule has 1 aliphatic carbocycles. The quantitative estimate of drug-likeness (QED) is 0.653. The molecule has 1 aromatic heterocycles. The molecule has 1 saturated carbocycles. The summed E-state index contributed by atoms with van der Waals surface area (Å²) < 4.78 is 0. The van der Waals surface area contributed by atoms with Crippen molar-refractivity contribution in [1.82, 2.24) is 4.98 Å². The lowest BCUT2D eigenvalue weighted by Gasteiger charge is -2.37. The van der Waals surface area contributed by atoms with Crippen LogP contribution in [0, 0.1) is 23.0 Å². The number of hydrogen-bond acceptors (Lipinski definition) is 5. The van der Waals surface area contributed by atoms with Gasteiger partial charge in [-0.05, 0) is 25.7 Å². The van der Waals surface area contributed by atoms with E-state index < -0.39 is 16.4 Å². The van der Waals surface area contributed by atoms with Crippen molar-refractivity contribution in [2.75, 3.05) is 5.32 Å². The summed E-state index contributed by atoms with van der Waals surface area (Å²) in [6.07, 6.45) is 4.19. The van der Waals surface area contributed by atoms with Crippen LogP contribution in [0.4, 0.5) is 11.5 Å². The van der Waals surface area contributed by atoms with E-state index >= 15 is 0 Å². The molecule has 0 bridgehead atoms. The van der Waals surface area contributed by atoms with Gasteiger partial charge in [-0.1, -0.05) is 19.8 Å². The van der Waals surface area contributed by atoms with Crippen LogP contribution in [0.2, 0.25) is 0 Å². The average Bonchev–Trinajstić information content (AvgIpc) is 2.40. The molecule has 2 N–H and O–H groups in total. The predicted molar refractivity (Wildman–Crippen MR) is 77.2 cm³/mol. The summed E-state index contributed by atoms with van der Waals surface area (Å²) in [4.78, 5) is 26.3. The molecule has 1 aromatic rings. The maximum Gasteiger partial charge on any atom is 0.329 e. The van der Waals surface area contributed by atoms with Crippen LogP contribution in [0.1, 0.15) is 38.2 Å². The second-order valence-corrected chi connectivity index (χ2v) is 5.83. The number of aliphatic carboxylic acids is 1. The van der Waals surface area contributed by atoms with Gasteiger partial charge in [0.05, 0.1) is 11.0 Å². The Labute approximate surface area is 122 Å². The highest BCUT2D eigenvalue weighted by molar-refractivity contribution is 5.82. The van der Waals surface area contributed by atoms with E-state index in [2.05, 4.69) is 10.3 Å². The molecule has 0 radical (unpaired) electrons. The minimum Gasteiger partial charge on any atom is -0.480 e. The Kier molecular flexibility index (Phi) is 4.11. The fraction of sp³-hybridized carbons (Fsp3) is 0.571. The van der Waals surface area contributed by atoms with Crippen LogP contribution in [0.25, 0.3) is 0 Å². The van der Waals surface area contributed by atoms with E-state index in [1.54, 1.807) is 6.92 Å². The van der Waals surface area contributed by atoms with Crippen molar-refractivity contribution in [2.24, 2.45) is 5.92 Å². The maximum atomic E-state index is 11.7. The fourth-order valence-electron chi connectivity index (χ4n) is 2.94. The number of nitrogens with one attached hydrogen (secondary N) is 1. The standard InChI is InChI=1S/C14H19N3O4/c1-9-4-3-5-14(7-9,13(18)19)16-12-6-11(17(20)21)10(2)8-15-12/h6,8-9H,3-5,7H2,1-2H3,(H,15,16)(H,18,19). The van der Waals surface area contributed by atoms with Crippen LogP contribution in [0.15, 0.2) is 12.3 Å². The number of anilines is 1. The summed E-state index contributed by atoms with van der Waals surface area (Å²) >= 11 is 0. The molecule has 1 aliphatic rings. The first-order valence-corrected chi connectivity index (χ1v) is 6.97. The second kappa shape index (κ2) is 5.67. The number of rotatable bonds is 4. The van der Waals surface area contributed by atoms with Gasteiger partial charge >= 0.3 is 5.97 Å². The number of aromatic nitrogens is 1. The summed E-state index contributed by atoms with van der Waals surface area (Å²) in [5.74, 6) is -0.398. The molecule has 114 valence electrons. The Hall–Kier alpha value is -2.18. The summed E-state index contributed by atoms with van der Waals surface area (Å²) in [6, 6.07) is 1.30. The highest BCUT2D eigenvalue weighted by Gasteiger charge is 2.42. The van der Waals surface area contributed by atoms with Crippen molar-refractivity contribution in [3.8, 4) is 0 Å². The van der Waals surface area contributed by atoms with Crippen LogP contribution in [0.3, 0.4) is 0 Å². The highest BCUT2D eigenvalue weighted by Crippen LogP contribution is 2.35. The molecule has 1 heterocycles. The van der Waals surface area contributed by atoms with E-state index in [0.29, 0.717) is 24.3 Å². The van der Waals surface area contributed by atoms with Gasteiger partial charge in [0.2, 0.25) is 0 Å². The number of nitro groups is 1. The lowest BCUT2D eigenvalue weighted by molar-refractivity contribution is -0.385. The van der Waals surface area contributed by atoms with E-state index in [1.807, 2.05) is 6.92 Å². The zero-order chi connectivity index (χ0) is 15.6. The average molecular weight is 293 g/mol. The Bertz CT molecular complexity index is 575. The van der Waals surface area contributed by atoms with Gasteiger partial charge in [-0.3, -0.25) is 10.1 Å². The first kappa shape index (κ1) is 15.2. The number of carbonyl (C=O) groups is 1. The van der Waals surface area contributed by atoms with E-state index in [-0.39, 0.29) is 11.5 Å². The van der Waals surface area contributed by atoms with Crippen LogP contribution in [-0.2, 0) is 4.79 Å². The third-order valence-corrected chi connectivity index (χ3v) is 4.05. The SMILES string of the molecule is Cc1cnc(NC2(C(=O)O)CCCC(C)C2)cc1[N+](=O)[O-]. The molecule has 1 fully saturated rings. The Balaban J connectivity index is 2.31. The molecule has 0 aliphatic heterocycles. The number of hydrogen-bond donors (Lipinski definition) is 2. The Morgan fingerprint density at radius 3 is 2.90 bits per heavy atom. The number of aryl methyl sites for hydroxylation is 1. The van der Waals surface area contributed by atoms with Crippen molar-refractivity contribution in [2.45, 2.75) is 45.1 Å². The molecule has 2 atom stereocenters. The van der Waals surface area contributed by atoms with Gasteiger partial charge in [0, 0.05) is 11.8 Å². The molecule has 2 unspecified atom stereocenters. The molecule has 0 aromatic carbocycles. The maximum absolute atomic E-state index is 11.7. The van der Waals surface area contributed by atoms with Crippen molar-refractivity contribution in [1.29, 1.82) is 0 Å². The van der Waals surface area contributed by atoms with Crippen LogP contribution < -0.4 is 5.32 Å². The Morgan fingerprint density at radius 1 is 1.62 bits per heavy atom. The van der Waals surface area contributed by atoms with E-state index in [9.17, 15) is 20.0 Å². The molecular formula is C14H19N3O4. The van der Waals surface area contributed by atoms with Gasteiger partial charge in [0.1, 0.15) is 11.4 Å². The smallest absolute Gasteiger partial charge is 0.329 e. The van der Waals surface area contributed by atoms with Gasteiger partial charge in [-0.25, -0.2) is 9.78 Å². The molecule has 0 spiro atoms. The summed E-state index contributed by atoms with van der Waals surface area (Å²) in [5.41, 5.74) is -0.697. The van der Waals surface area contributed by atoms with Crippen molar-refractivity contribution in [3.05, 3.63) is 27.9 Å². The lowest BCUT2D eigenvalue weighted by Crippen LogP contribution is -2.49. The van der Waals surface area contributed by atoms with Gasteiger partial charge in [-0.2, -0.15) is 0 Å². The largest absolute Gasteiger partial charge is 0.480 e. The molecule has 0 saturated heterocycles. The zero-order valence-corrected chi connectivity index (χ0v) is 12.1. The van der Waals surface area contributed by atoms with Crippen molar-refractivity contribution >= 4 is 17.5 Å². The highest BCUT2D eigenvalue weighted by atomic mass is 16.6. The van der Waals surface area contributed by atoms with Crippen LogP contribution >= 0.6 is 0 Å². The van der Waals surface area contributed by atoms with Gasteiger partial charge in [0.15, 0.2) is 0 Å². The topological polar surface area (TPSA) is 105 Å². The molecule has 2 rings (SSSR count). The first-order valence-electron chi connectivity index (χ1n) is 6.97. The third kappa shape index (κ3) is 3.12. The molecule has 0 amide bonds. The normalized spacial score (nSPS) is 25.3. The van der Waals surface area contributed by atoms with E-state index in [1.165, 1.54) is 12.3 Å². The van der Waals surface area contributed by atoms with Crippen molar-refractivity contribution < 1.29 is 14.8 Å². The summed E-state index contributed by atoms with van der Waals surface area (Å²) in [6.45, 7) is 3.62. The van der Waals surface area contributed by atoms with E-state index in [4.69, 9.17) is 0 Å². The van der Waals surface area contributed by atoms with Crippen LogP contribution in [0.5, 0.6) is 0 Å². The molecule has 7 nitrogen and oxygen atoms in total. The monoisotopic (exact) mass is 293 g/mol. The minimum atomic E-state index is -1.09. The molecule has 21 heavy (non-hydrogen) atoms. The number of carboxylic acids is 1. The predicted octanol–water partition coefficient (Wildman–Crippen LogP) is 2.74.